The molecule has 3 heteroatoms. The van der Waals surface area contributed by atoms with E-state index in [9.17, 15) is 0 Å². The molecule has 0 aliphatic rings. The quantitative estimate of drug-likeness (QED) is 0.756. The number of aromatic nitrogens is 2. The summed E-state index contributed by atoms with van der Waals surface area (Å²) >= 11 is 0. The number of hydrogen-bond donors (Lipinski definition) is 1. The van der Waals surface area contributed by atoms with Crippen LogP contribution in [-0.4, -0.2) is 15.8 Å². The van der Waals surface area contributed by atoms with Gasteiger partial charge in [-0.3, -0.25) is 4.68 Å². The Morgan fingerprint density at radius 2 is 2.38 bits per heavy atom. The molecule has 0 saturated heterocycles. The summed E-state index contributed by atoms with van der Waals surface area (Å²) in [4.78, 5) is 0. The van der Waals surface area contributed by atoms with E-state index in [1.54, 1.807) is 0 Å². The zero-order valence-corrected chi connectivity index (χ0v) is 8.75. The molecule has 1 atom stereocenters. The monoisotopic (exact) mass is 181 g/mol. The third-order valence-corrected chi connectivity index (χ3v) is 2.21. The minimum absolute atomic E-state index is 0.537. The van der Waals surface area contributed by atoms with Crippen molar-refractivity contribution in [3.63, 3.8) is 0 Å². The van der Waals surface area contributed by atoms with E-state index in [1.807, 2.05) is 24.0 Å². The van der Waals surface area contributed by atoms with Crippen LogP contribution in [-0.2, 0) is 7.05 Å². The Hall–Kier alpha value is -0.990. The first-order chi connectivity index (χ1) is 6.24. The summed E-state index contributed by atoms with van der Waals surface area (Å²) < 4.78 is 1.86. The molecule has 0 aliphatic heterocycles. The third-order valence-electron chi connectivity index (χ3n) is 2.21. The smallest absolute Gasteiger partial charge is 0.124 e. The van der Waals surface area contributed by atoms with Crippen LogP contribution in [0.4, 0.5) is 5.82 Å². The van der Waals surface area contributed by atoms with Gasteiger partial charge >= 0.3 is 0 Å². The molecule has 0 bridgehead atoms. The average Bonchev–Trinajstić information content (AvgIpc) is 2.48. The van der Waals surface area contributed by atoms with Gasteiger partial charge in [0.1, 0.15) is 5.82 Å². The van der Waals surface area contributed by atoms with Gasteiger partial charge in [0.2, 0.25) is 0 Å². The van der Waals surface area contributed by atoms with Crippen LogP contribution in [0.2, 0.25) is 0 Å². The van der Waals surface area contributed by atoms with Crippen molar-refractivity contribution >= 4 is 5.82 Å². The van der Waals surface area contributed by atoms with Gasteiger partial charge in [-0.25, -0.2) is 0 Å². The van der Waals surface area contributed by atoms with E-state index >= 15 is 0 Å². The van der Waals surface area contributed by atoms with Crippen LogP contribution in [0.25, 0.3) is 0 Å². The van der Waals surface area contributed by atoms with E-state index in [4.69, 9.17) is 0 Å². The van der Waals surface area contributed by atoms with E-state index in [2.05, 4.69) is 24.3 Å². The number of anilines is 1. The minimum Gasteiger partial charge on any atom is -0.368 e. The number of unbranched alkanes of at least 4 members (excludes halogenated alkanes) is 1. The molecule has 0 aromatic carbocycles. The molecule has 1 rings (SSSR count). The molecule has 0 spiro atoms. The Morgan fingerprint density at radius 3 is 2.92 bits per heavy atom. The molecule has 74 valence electrons. The van der Waals surface area contributed by atoms with Crippen LogP contribution in [0.5, 0.6) is 0 Å². The molecule has 3 nitrogen and oxygen atoms in total. The van der Waals surface area contributed by atoms with Crippen LogP contribution in [0.3, 0.4) is 0 Å². The first kappa shape index (κ1) is 10.1. The standard InChI is InChI=1S/C10H19N3/c1-4-5-6-9(2)12-10-7-8-11-13(10)3/h7-9,12H,4-6H2,1-3H3. The lowest BCUT2D eigenvalue weighted by Gasteiger charge is -2.14. The second-order valence-electron chi connectivity index (χ2n) is 3.53. The zero-order valence-electron chi connectivity index (χ0n) is 8.75. The van der Waals surface area contributed by atoms with Crippen LogP contribution in [0.1, 0.15) is 33.1 Å². The van der Waals surface area contributed by atoms with E-state index in [-0.39, 0.29) is 0 Å². The summed E-state index contributed by atoms with van der Waals surface area (Å²) in [6.07, 6.45) is 5.58. The van der Waals surface area contributed by atoms with Gasteiger partial charge in [-0.2, -0.15) is 5.10 Å². The van der Waals surface area contributed by atoms with Gasteiger partial charge in [-0.05, 0) is 13.3 Å². The molecule has 13 heavy (non-hydrogen) atoms. The molecule has 0 saturated carbocycles. The fourth-order valence-electron chi connectivity index (χ4n) is 1.35. The Balaban J connectivity index is 2.36. The van der Waals surface area contributed by atoms with Gasteiger partial charge in [0.05, 0.1) is 6.20 Å². The molecule has 1 aromatic heterocycles. The highest BCUT2D eigenvalue weighted by Crippen LogP contribution is 2.09. The summed E-state index contributed by atoms with van der Waals surface area (Å²) in [7, 11) is 1.95. The van der Waals surface area contributed by atoms with Crippen LogP contribution >= 0.6 is 0 Å². The molecular formula is C10H19N3. The summed E-state index contributed by atoms with van der Waals surface area (Å²) in [6.45, 7) is 4.43. The van der Waals surface area contributed by atoms with Crippen LogP contribution < -0.4 is 5.32 Å². The van der Waals surface area contributed by atoms with E-state index < -0.39 is 0 Å². The summed E-state index contributed by atoms with van der Waals surface area (Å²) in [5.74, 6) is 1.10. The van der Waals surface area contributed by atoms with Crippen LogP contribution in [0.15, 0.2) is 12.3 Å². The fourth-order valence-corrected chi connectivity index (χ4v) is 1.35. The fraction of sp³-hybridized carbons (Fsp3) is 0.700. The highest BCUT2D eigenvalue weighted by Gasteiger charge is 2.03. The van der Waals surface area contributed by atoms with Crippen molar-refractivity contribution in [1.82, 2.24) is 9.78 Å². The second kappa shape index (κ2) is 4.90. The maximum Gasteiger partial charge on any atom is 0.124 e. The molecular weight excluding hydrogens is 162 g/mol. The van der Waals surface area contributed by atoms with Crippen molar-refractivity contribution < 1.29 is 0 Å². The first-order valence-corrected chi connectivity index (χ1v) is 4.98. The number of rotatable bonds is 5. The maximum absolute atomic E-state index is 4.10. The normalized spacial score (nSPS) is 12.8. The predicted molar refractivity (Wildman–Crippen MR) is 55.8 cm³/mol. The second-order valence-corrected chi connectivity index (χ2v) is 3.53. The number of hydrogen-bond acceptors (Lipinski definition) is 2. The Labute approximate surface area is 80.1 Å². The SMILES string of the molecule is CCCCC(C)Nc1ccnn1C. The largest absolute Gasteiger partial charge is 0.368 e. The zero-order chi connectivity index (χ0) is 9.68. The highest BCUT2D eigenvalue weighted by atomic mass is 15.3. The molecule has 0 amide bonds. The maximum atomic E-state index is 4.10. The minimum atomic E-state index is 0.537. The average molecular weight is 181 g/mol. The lowest BCUT2D eigenvalue weighted by atomic mass is 10.1. The van der Waals surface area contributed by atoms with Gasteiger partial charge in [0.25, 0.3) is 0 Å². The molecule has 1 heterocycles. The highest BCUT2D eigenvalue weighted by molar-refractivity contribution is 5.34. The first-order valence-electron chi connectivity index (χ1n) is 4.98. The van der Waals surface area contributed by atoms with Crippen molar-refractivity contribution in [2.24, 2.45) is 7.05 Å². The lowest BCUT2D eigenvalue weighted by Crippen LogP contribution is -2.16. The van der Waals surface area contributed by atoms with Crippen molar-refractivity contribution in [3.8, 4) is 0 Å². The van der Waals surface area contributed by atoms with E-state index in [0.29, 0.717) is 6.04 Å². The molecule has 0 aliphatic carbocycles. The number of aryl methyl sites for hydroxylation is 1. The summed E-state index contributed by atoms with van der Waals surface area (Å²) in [5.41, 5.74) is 0. The summed E-state index contributed by atoms with van der Waals surface area (Å²) in [6, 6.07) is 2.54. The van der Waals surface area contributed by atoms with Crippen molar-refractivity contribution in [3.05, 3.63) is 12.3 Å². The van der Waals surface area contributed by atoms with Gasteiger partial charge in [-0.15, -0.1) is 0 Å². The van der Waals surface area contributed by atoms with E-state index in [0.717, 1.165) is 5.82 Å². The van der Waals surface area contributed by atoms with Gasteiger partial charge < -0.3 is 5.32 Å². The predicted octanol–water partition coefficient (Wildman–Crippen LogP) is 2.41. The number of nitrogens with zero attached hydrogens (tertiary/aromatic N) is 2. The Kier molecular flexibility index (Phi) is 3.80. The topological polar surface area (TPSA) is 29.9 Å². The van der Waals surface area contributed by atoms with Gasteiger partial charge in [0.15, 0.2) is 0 Å². The molecule has 1 N–H and O–H groups in total. The Bertz CT molecular complexity index is 242. The van der Waals surface area contributed by atoms with Gasteiger partial charge in [0, 0.05) is 19.2 Å². The third kappa shape index (κ3) is 3.09. The number of nitrogens with one attached hydrogen (secondary N) is 1. The summed E-state index contributed by atoms with van der Waals surface area (Å²) in [5, 5.41) is 7.53. The lowest BCUT2D eigenvalue weighted by molar-refractivity contribution is 0.635. The molecule has 1 aromatic rings. The van der Waals surface area contributed by atoms with Crippen molar-refractivity contribution in [1.29, 1.82) is 0 Å². The van der Waals surface area contributed by atoms with Gasteiger partial charge in [-0.1, -0.05) is 19.8 Å². The van der Waals surface area contributed by atoms with E-state index in [1.165, 1.54) is 19.3 Å². The van der Waals surface area contributed by atoms with Crippen molar-refractivity contribution in [2.45, 2.75) is 39.2 Å². The Morgan fingerprint density at radius 1 is 1.62 bits per heavy atom. The molecule has 1 unspecified atom stereocenters. The van der Waals surface area contributed by atoms with Crippen LogP contribution in [0, 0.1) is 0 Å². The van der Waals surface area contributed by atoms with Crippen molar-refractivity contribution in [2.75, 3.05) is 5.32 Å². The molecule has 0 radical (unpaired) electrons. The molecule has 0 fully saturated rings.